The van der Waals surface area contributed by atoms with E-state index in [2.05, 4.69) is 0 Å². The van der Waals surface area contributed by atoms with Gasteiger partial charge in [0.1, 0.15) is 0 Å². The summed E-state index contributed by atoms with van der Waals surface area (Å²) in [6.45, 7) is 2.61. The Labute approximate surface area is 119 Å². The number of rotatable bonds is 3. The standard InChI is InChI=1S/C17H16N2O/c1-13-3-5-15(6-4-13)12-19(2)17(20)16-9-7-14(11-18)8-10-16/h3-10H,12H2,1-2H3. The maximum Gasteiger partial charge on any atom is 0.253 e. The monoisotopic (exact) mass is 264 g/mol. The first kappa shape index (κ1) is 13.8. The minimum Gasteiger partial charge on any atom is -0.337 e. The molecule has 2 rings (SSSR count). The Balaban J connectivity index is 2.08. The Morgan fingerprint density at radius 1 is 1.10 bits per heavy atom. The lowest BCUT2D eigenvalue weighted by atomic mass is 10.1. The second-order valence-electron chi connectivity index (χ2n) is 4.84. The highest BCUT2D eigenvalue weighted by Crippen LogP contribution is 2.10. The predicted molar refractivity (Wildman–Crippen MR) is 78.1 cm³/mol. The number of amides is 1. The van der Waals surface area contributed by atoms with Gasteiger partial charge in [0.2, 0.25) is 0 Å². The maximum atomic E-state index is 12.3. The summed E-state index contributed by atoms with van der Waals surface area (Å²) in [6, 6.07) is 16.9. The Morgan fingerprint density at radius 2 is 1.70 bits per heavy atom. The van der Waals surface area contributed by atoms with Crippen LogP contribution in [0.15, 0.2) is 48.5 Å². The molecule has 2 aromatic carbocycles. The molecule has 0 unspecified atom stereocenters. The molecule has 0 bridgehead atoms. The number of carbonyl (C=O) groups excluding carboxylic acids is 1. The van der Waals surface area contributed by atoms with Crippen molar-refractivity contribution in [2.45, 2.75) is 13.5 Å². The molecular weight excluding hydrogens is 248 g/mol. The highest BCUT2D eigenvalue weighted by Gasteiger charge is 2.11. The summed E-state index contributed by atoms with van der Waals surface area (Å²) < 4.78 is 0. The first-order valence-corrected chi connectivity index (χ1v) is 6.41. The fourth-order valence-electron chi connectivity index (χ4n) is 1.95. The van der Waals surface area contributed by atoms with Crippen LogP contribution in [0.25, 0.3) is 0 Å². The lowest BCUT2D eigenvalue weighted by molar-refractivity contribution is 0.0785. The molecule has 0 fully saturated rings. The van der Waals surface area contributed by atoms with Crippen LogP contribution in [0.3, 0.4) is 0 Å². The van der Waals surface area contributed by atoms with Crippen molar-refractivity contribution in [2.75, 3.05) is 7.05 Å². The van der Waals surface area contributed by atoms with Crippen molar-refractivity contribution in [1.82, 2.24) is 4.90 Å². The highest BCUT2D eigenvalue weighted by atomic mass is 16.2. The Morgan fingerprint density at radius 3 is 2.25 bits per heavy atom. The SMILES string of the molecule is Cc1ccc(CN(C)C(=O)c2ccc(C#N)cc2)cc1. The molecule has 20 heavy (non-hydrogen) atoms. The zero-order chi connectivity index (χ0) is 14.5. The van der Waals surface area contributed by atoms with E-state index in [1.165, 1.54) is 5.56 Å². The van der Waals surface area contributed by atoms with Gasteiger partial charge in [-0.05, 0) is 36.8 Å². The fraction of sp³-hybridized carbons (Fsp3) is 0.176. The summed E-state index contributed by atoms with van der Waals surface area (Å²) in [5.41, 5.74) is 3.45. The molecule has 3 nitrogen and oxygen atoms in total. The summed E-state index contributed by atoms with van der Waals surface area (Å²) in [5, 5.41) is 8.75. The van der Waals surface area contributed by atoms with Gasteiger partial charge in [-0.15, -0.1) is 0 Å². The van der Waals surface area contributed by atoms with Gasteiger partial charge in [-0.2, -0.15) is 5.26 Å². The third kappa shape index (κ3) is 3.24. The van der Waals surface area contributed by atoms with Gasteiger partial charge in [0.15, 0.2) is 0 Å². The van der Waals surface area contributed by atoms with Crippen LogP contribution in [-0.2, 0) is 6.54 Å². The van der Waals surface area contributed by atoms with Crippen molar-refractivity contribution in [3.05, 3.63) is 70.8 Å². The van der Waals surface area contributed by atoms with Crippen molar-refractivity contribution in [3.63, 3.8) is 0 Å². The Kier molecular flexibility index (Phi) is 4.17. The molecule has 0 saturated heterocycles. The second-order valence-corrected chi connectivity index (χ2v) is 4.84. The highest BCUT2D eigenvalue weighted by molar-refractivity contribution is 5.94. The summed E-state index contributed by atoms with van der Waals surface area (Å²) in [4.78, 5) is 13.9. The number of carbonyl (C=O) groups is 1. The largest absolute Gasteiger partial charge is 0.337 e. The second kappa shape index (κ2) is 6.03. The normalized spacial score (nSPS) is 9.85. The molecule has 0 spiro atoms. The quantitative estimate of drug-likeness (QED) is 0.854. The van der Waals surface area contributed by atoms with E-state index in [0.29, 0.717) is 17.7 Å². The van der Waals surface area contributed by atoms with Gasteiger partial charge in [-0.25, -0.2) is 0 Å². The molecule has 0 radical (unpaired) electrons. The molecule has 0 heterocycles. The number of aryl methyl sites for hydroxylation is 1. The van der Waals surface area contributed by atoms with E-state index in [4.69, 9.17) is 5.26 Å². The van der Waals surface area contributed by atoms with E-state index >= 15 is 0 Å². The van der Waals surface area contributed by atoms with Crippen LogP contribution in [0.5, 0.6) is 0 Å². The number of hydrogen-bond donors (Lipinski definition) is 0. The molecule has 0 aliphatic carbocycles. The van der Waals surface area contributed by atoms with Gasteiger partial charge in [0, 0.05) is 19.2 Å². The number of nitrogens with zero attached hydrogens (tertiary/aromatic N) is 2. The molecule has 0 N–H and O–H groups in total. The topological polar surface area (TPSA) is 44.1 Å². The molecule has 0 aliphatic heterocycles. The summed E-state index contributed by atoms with van der Waals surface area (Å²) >= 11 is 0. The lowest BCUT2D eigenvalue weighted by Crippen LogP contribution is -2.26. The van der Waals surface area contributed by atoms with Crippen LogP contribution >= 0.6 is 0 Å². The molecule has 0 saturated carbocycles. The molecule has 0 atom stereocenters. The van der Waals surface area contributed by atoms with Crippen LogP contribution in [0.2, 0.25) is 0 Å². The van der Waals surface area contributed by atoms with Crippen molar-refractivity contribution < 1.29 is 4.79 Å². The molecule has 3 heteroatoms. The summed E-state index contributed by atoms with van der Waals surface area (Å²) in [6.07, 6.45) is 0. The number of nitriles is 1. The maximum absolute atomic E-state index is 12.3. The van der Waals surface area contributed by atoms with Gasteiger partial charge in [0.25, 0.3) is 5.91 Å². The van der Waals surface area contributed by atoms with E-state index in [1.54, 1.807) is 36.2 Å². The Bertz CT molecular complexity index is 636. The van der Waals surface area contributed by atoms with Crippen molar-refractivity contribution in [1.29, 1.82) is 5.26 Å². The fourth-order valence-corrected chi connectivity index (χ4v) is 1.95. The third-order valence-electron chi connectivity index (χ3n) is 3.15. The first-order valence-electron chi connectivity index (χ1n) is 6.41. The number of benzene rings is 2. The van der Waals surface area contributed by atoms with Gasteiger partial charge in [-0.3, -0.25) is 4.79 Å². The van der Waals surface area contributed by atoms with Crippen LogP contribution in [0.4, 0.5) is 0 Å². The first-order chi connectivity index (χ1) is 9.60. The number of hydrogen-bond acceptors (Lipinski definition) is 2. The van der Waals surface area contributed by atoms with E-state index in [9.17, 15) is 4.79 Å². The molecule has 1 amide bonds. The zero-order valence-corrected chi connectivity index (χ0v) is 11.6. The Hall–Kier alpha value is -2.60. The minimum absolute atomic E-state index is 0.0462. The van der Waals surface area contributed by atoms with E-state index in [0.717, 1.165) is 5.56 Å². The average molecular weight is 264 g/mol. The molecule has 0 aliphatic rings. The average Bonchev–Trinajstić information content (AvgIpc) is 2.49. The smallest absolute Gasteiger partial charge is 0.253 e. The van der Waals surface area contributed by atoms with Crippen LogP contribution < -0.4 is 0 Å². The summed E-state index contributed by atoms with van der Waals surface area (Å²) in [5.74, 6) is -0.0462. The third-order valence-corrected chi connectivity index (χ3v) is 3.15. The molecule has 100 valence electrons. The van der Waals surface area contributed by atoms with Crippen LogP contribution in [0.1, 0.15) is 27.0 Å². The van der Waals surface area contributed by atoms with Crippen molar-refractivity contribution >= 4 is 5.91 Å². The van der Waals surface area contributed by atoms with E-state index in [-0.39, 0.29) is 5.91 Å². The van der Waals surface area contributed by atoms with Gasteiger partial charge >= 0.3 is 0 Å². The van der Waals surface area contributed by atoms with Crippen molar-refractivity contribution in [3.8, 4) is 6.07 Å². The molecular formula is C17H16N2O. The van der Waals surface area contributed by atoms with Crippen LogP contribution in [0, 0.1) is 18.3 Å². The zero-order valence-electron chi connectivity index (χ0n) is 11.6. The van der Waals surface area contributed by atoms with Crippen molar-refractivity contribution in [2.24, 2.45) is 0 Å². The van der Waals surface area contributed by atoms with E-state index < -0.39 is 0 Å². The lowest BCUT2D eigenvalue weighted by Gasteiger charge is -2.17. The van der Waals surface area contributed by atoms with Gasteiger partial charge in [0.05, 0.1) is 11.6 Å². The molecule has 0 aromatic heterocycles. The van der Waals surface area contributed by atoms with Gasteiger partial charge < -0.3 is 4.90 Å². The minimum atomic E-state index is -0.0462. The van der Waals surface area contributed by atoms with E-state index in [1.807, 2.05) is 37.3 Å². The summed E-state index contributed by atoms with van der Waals surface area (Å²) in [7, 11) is 1.78. The van der Waals surface area contributed by atoms with Crippen LogP contribution in [-0.4, -0.2) is 17.9 Å². The van der Waals surface area contributed by atoms with Gasteiger partial charge in [-0.1, -0.05) is 29.8 Å². The predicted octanol–water partition coefficient (Wildman–Crippen LogP) is 3.14. The molecule has 2 aromatic rings.